The van der Waals surface area contributed by atoms with Crippen LogP contribution in [-0.2, 0) is 4.79 Å². The maximum atomic E-state index is 13.9. The van der Waals surface area contributed by atoms with Gasteiger partial charge < -0.3 is 5.11 Å². The maximum Gasteiger partial charge on any atom is 0.317 e. The number of carboxylic acid groups (broad SMARTS) is 1. The van der Waals surface area contributed by atoms with Crippen LogP contribution in [0.5, 0.6) is 0 Å². The molecule has 19 heavy (non-hydrogen) atoms. The third-order valence-corrected chi connectivity index (χ3v) is 3.62. The van der Waals surface area contributed by atoms with Crippen molar-refractivity contribution in [2.45, 2.75) is 32.2 Å². The fourth-order valence-corrected chi connectivity index (χ4v) is 2.53. The molecule has 104 valence electrons. The zero-order valence-corrected chi connectivity index (χ0v) is 11.2. The summed E-state index contributed by atoms with van der Waals surface area (Å²) in [5.41, 5.74) is 0.604. The molecule has 0 radical (unpaired) electrons. The number of halogens is 1. The molecule has 0 bridgehead atoms. The van der Waals surface area contributed by atoms with Crippen LogP contribution in [-0.4, -0.2) is 29.1 Å². The summed E-state index contributed by atoms with van der Waals surface area (Å²) in [6.07, 6.45) is 3.02. The Kier molecular flexibility index (Phi) is 4.53. The lowest BCUT2D eigenvalue weighted by Gasteiger charge is -2.30. The number of carboxylic acids is 1. The molecule has 1 aromatic rings. The molecule has 0 aliphatic heterocycles. The average molecular weight is 265 g/mol. The number of nitrogens with zero attached hydrogens (tertiary/aromatic N) is 1. The minimum absolute atomic E-state index is 0.0245. The second kappa shape index (κ2) is 6.15. The summed E-state index contributed by atoms with van der Waals surface area (Å²) in [5, 5.41) is 9.04. The third kappa shape index (κ3) is 3.77. The molecule has 1 aliphatic carbocycles. The minimum atomic E-state index is -0.851. The summed E-state index contributed by atoms with van der Waals surface area (Å²) in [6.45, 7) is 2.70. The molecule has 1 saturated carbocycles. The maximum absolute atomic E-state index is 13.9. The molecule has 0 aromatic heterocycles. The van der Waals surface area contributed by atoms with Crippen LogP contribution < -0.4 is 0 Å². The second-order valence-corrected chi connectivity index (χ2v) is 5.21. The number of rotatable bonds is 7. The molecule has 1 N–H and O–H groups in total. The summed E-state index contributed by atoms with van der Waals surface area (Å²) in [4.78, 5) is 12.9. The van der Waals surface area contributed by atoms with Crippen molar-refractivity contribution in [3.8, 4) is 0 Å². The van der Waals surface area contributed by atoms with Gasteiger partial charge in [0.2, 0.25) is 0 Å². The number of carbonyl (C=O) groups is 1. The first-order chi connectivity index (χ1) is 9.11. The molecule has 1 fully saturated rings. The average Bonchev–Trinajstić information content (AvgIpc) is 3.15. The second-order valence-electron chi connectivity index (χ2n) is 5.21. The topological polar surface area (TPSA) is 40.5 Å². The molecule has 1 atom stereocenters. The summed E-state index contributed by atoms with van der Waals surface area (Å²) >= 11 is 0. The van der Waals surface area contributed by atoms with E-state index in [4.69, 9.17) is 5.11 Å². The molecule has 2 rings (SSSR count). The van der Waals surface area contributed by atoms with Crippen LogP contribution >= 0.6 is 0 Å². The van der Waals surface area contributed by atoms with Gasteiger partial charge in [0.25, 0.3) is 0 Å². The Morgan fingerprint density at radius 2 is 2.16 bits per heavy atom. The lowest BCUT2D eigenvalue weighted by atomic mass is 10.0. The summed E-state index contributed by atoms with van der Waals surface area (Å²) in [5.74, 6) is -0.517. The molecular formula is C15H20FNO2. The quantitative estimate of drug-likeness (QED) is 0.823. The highest BCUT2D eigenvalue weighted by Crippen LogP contribution is 2.34. The van der Waals surface area contributed by atoms with Crippen LogP contribution in [0.15, 0.2) is 24.3 Å². The van der Waals surface area contributed by atoms with E-state index in [9.17, 15) is 9.18 Å². The molecule has 3 nitrogen and oxygen atoms in total. The largest absolute Gasteiger partial charge is 0.480 e. The monoisotopic (exact) mass is 265 g/mol. The normalized spacial score (nSPS) is 16.6. The van der Waals surface area contributed by atoms with Gasteiger partial charge in [-0.25, -0.2) is 4.39 Å². The smallest absolute Gasteiger partial charge is 0.317 e. The molecule has 1 aliphatic rings. The van der Waals surface area contributed by atoms with Crippen LogP contribution in [0, 0.1) is 11.7 Å². The van der Waals surface area contributed by atoms with E-state index in [1.165, 1.54) is 6.07 Å². The van der Waals surface area contributed by atoms with Crippen LogP contribution in [0.4, 0.5) is 4.39 Å². The Balaban J connectivity index is 2.19. The molecule has 0 heterocycles. The van der Waals surface area contributed by atoms with E-state index in [1.807, 2.05) is 11.8 Å². The van der Waals surface area contributed by atoms with Crippen LogP contribution in [0.25, 0.3) is 0 Å². The van der Waals surface area contributed by atoms with Crippen molar-refractivity contribution in [1.82, 2.24) is 4.90 Å². The van der Waals surface area contributed by atoms with Crippen molar-refractivity contribution in [1.29, 1.82) is 0 Å². The van der Waals surface area contributed by atoms with E-state index >= 15 is 0 Å². The zero-order chi connectivity index (χ0) is 13.8. The fraction of sp³-hybridized carbons (Fsp3) is 0.533. The molecule has 0 amide bonds. The Hall–Kier alpha value is -1.42. The van der Waals surface area contributed by atoms with Crippen LogP contribution in [0.2, 0.25) is 0 Å². The summed E-state index contributed by atoms with van der Waals surface area (Å²) in [7, 11) is 0. The van der Waals surface area contributed by atoms with Gasteiger partial charge in [-0.2, -0.15) is 0 Å². The molecule has 4 heteroatoms. The van der Waals surface area contributed by atoms with Crippen molar-refractivity contribution in [2.75, 3.05) is 13.1 Å². The van der Waals surface area contributed by atoms with Gasteiger partial charge in [0.15, 0.2) is 0 Å². The van der Waals surface area contributed by atoms with Crippen LogP contribution in [0.3, 0.4) is 0 Å². The highest BCUT2D eigenvalue weighted by molar-refractivity contribution is 5.69. The first-order valence-corrected chi connectivity index (χ1v) is 6.82. The van der Waals surface area contributed by atoms with Crippen molar-refractivity contribution in [3.05, 3.63) is 35.6 Å². The van der Waals surface area contributed by atoms with Gasteiger partial charge in [0.05, 0.1) is 6.54 Å². The van der Waals surface area contributed by atoms with E-state index in [-0.39, 0.29) is 18.4 Å². The fourth-order valence-electron chi connectivity index (χ4n) is 2.53. The Morgan fingerprint density at radius 3 is 2.68 bits per heavy atom. The van der Waals surface area contributed by atoms with Gasteiger partial charge in [-0.05, 0) is 31.2 Å². The van der Waals surface area contributed by atoms with Gasteiger partial charge in [0.1, 0.15) is 5.82 Å². The molecule has 1 unspecified atom stereocenters. The number of benzene rings is 1. The van der Waals surface area contributed by atoms with Crippen molar-refractivity contribution in [2.24, 2.45) is 5.92 Å². The molecule has 0 spiro atoms. The zero-order valence-electron chi connectivity index (χ0n) is 11.2. The lowest BCUT2D eigenvalue weighted by Crippen LogP contribution is -2.35. The van der Waals surface area contributed by atoms with E-state index in [0.29, 0.717) is 17.9 Å². The summed E-state index contributed by atoms with van der Waals surface area (Å²) < 4.78 is 13.9. The van der Waals surface area contributed by atoms with Gasteiger partial charge in [-0.3, -0.25) is 9.69 Å². The Morgan fingerprint density at radius 1 is 1.47 bits per heavy atom. The Bertz CT molecular complexity index is 446. The van der Waals surface area contributed by atoms with Crippen molar-refractivity contribution < 1.29 is 14.3 Å². The van der Waals surface area contributed by atoms with Gasteiger partial charge in [-0.15, -0.1) is 0 Å². The van der Waals surface area contributed by atoms with E-state index in [2.05, 4.69) is 0 Å². The first-order valence-electron chi connectivity index (χ1n) is 6.82. The Labute approximate surface area is 113 Å². The SMILES string of the molecule is CCC(c1ccccc1F)N(CC(=O)O)CC1CC1. The minimum Gasteiger partial charge on any atom is -0.480 e. The van der Waals surface area contributed by atoms with Gasteiger partial charge in [-0.1, -0.05) is 25.1 Å². The van der Waals surface area contributed by atoms with Crippen LogP contribution in [0.1, 0.15) is 37.8 Å². The van der Waals surface area contributed by atoms with E-state index in [1.54, 1.807) is 18.2 Å². The van der Waals surface area contributed by atoms with E-state index in [0.717, 1.165) is 19.4 Å². The van der Waals surface area contributed by atoms with Crippen molar-refractivity contribution in [3.63, 3.8) is 0 Å². The lowest BCUT2D eigenvalue weighted by molar-refractivity contribution is -0.139. The van der Waals surface area contributed by atoms with Crippen molar-refractivity contribution >= 4 is 5.97 Å². The summed E-state index contributed by atoms with van der Waals surface area (Å²) in [6, 6.07) is 6.50. The predicted molar refractivity (Wildman–Crippen MR) is 71.4 cm³/mol. The number of hydrogen-bond donors (Lipinski definition) is 1. The molecule has 0 saturated heterocycles. The highest BCUT2D eigenvalue weighted by Gasteiger charge is 2.30. The van der Waals surface area contributed by atoms with Gasteiger partial charge in [0, 0.05) is 18.2 Å². The number of hydrogen-bond acceptors (Lipinski definition) is 2. The van der Waals surface area contributed by atoms with E-state index < -0.39 is 5.97 Å². The molecular weight excluding hydrogens is 245 g/mol. The highest BCUT2D eigenvalue weighted by atomic mass is 19.1. The standard InChI is InChI=1S/C15H20FNO2/c1-2-14(12-5-3-4-6-13(12)16)17(10-15(18)19)9-11-7-8-11/h3-6,11,14H,2,7-10H2,1H3,(H,18,19). The molecule has 1 aromatic carbocycles. The van der Waals surface area contributed by atoms with Gasteiger partial charge >= 0.3 is 5.97 Å². The first kappa shape index (κ1) is 14.0. The third-order valence-electron chi connectivity index (χ3n) is 3.62. The number of aliphatic carboxylic acids is 1. The predicted octanol–water partition coefficient (Wildman–Crippen LogP) is 3.07.